The van der Waals surface area contributed by atoms with Gasteiger partial charge in [0.15, 0.2) is 0 Å². The lowest BCUT2D eigenvalue weighted by Crippen LogP contribution is -2.27. The number of nitrogens with one attached hydrogen (secondary N) is 1. The molecule has 1 heterocycles. The summed E-state index contributed by atoms with van der Waals surface area (Å²) >= 11 is 7.60. The van der Waals surface area contributed by atoms with E-state index in [1.165, 1.54) is 0 Å². The van der Waals surface area contributed by atoms with E-state index in [-0.39, 0.29) is 12.0 Å². The standard InChI is InChI=1S/C17H19ClN4OS/c1-10-8-11(18)2-7-14(10)24-15-9-20-17(19)22-16(15)21-12-3-5-13(23)6-4-12/h2,7-9,12H,3-6H2,1H3,(H3,19,20,21,22). The van der Waals surface area contributed by atoms with Crippen LogP contribution in [-0.2, 0) is 4.79 Å². The highest BCUT2D eigenvalue weighted by molar-refractivity contribution is 7.99. The minimum atomic E-state index is 0.238. The first kappa shape index (κ1) is 17.0. The summed E-state index contributed by atoms with van der Waals surface area (Å²) in [5, 5.41) is 4.15. The van der Waals surface area contributed by atoms with Gasteiger partial charge in [0.25, 0.3) is 0 Å². The molecule has 3 N–H and O–H groups in total. The van der Waals surface area contributed by atoms with Crippen LogP contribution in [0.2, 0.25) is 5.02 Å². The fourth-order valence-corrected chi connectivity index (χ4v) is 3.81. The number of hydrogen-bond acceptors (Lipinski definition) is 6. The van der Waals surface area contributed by atoms with Crippen molar-refractivity contribution in [3.05, 3.63) is 35.0 Å². The Morgan fingerprint density at radius 2 is 2.04 bits per heavy atom. The van der Waals surface area contributed by atoms with Crippen LogP contribution in [0.5, 0.6) is 0 Å². The predicted octanol–water partition coefficient (Wildman–Crippen LogP) is 4.10. The number of aromatic nitrogens is 2. The van der Waals surface area contributed by atoms with E-state index in [0.717, 1.165) is 39.0 Å². The molecule has 1 fully saturated rings. The second-order valence-electron chi connectivity index (χ2n) is 5.91. The van der Waals surface area contributed by atoms with Gasteiger partial charge in [0.2, 0.25) is 5.95 Å². The zero-order valence-corrected chi connectivity index (χ0v) is 15.0. The highest BCUT2D eigenvalue weighted by Gasteiger charge is 2.20. The first-order chi connectivity index (χ1) is 11.5. The summed E-state index contributed by atoms with van der Waals surface area (Å²) in [6, 6.07) is 6.03. The molecule has 0 aliphatic heterocycles. The van der Waals surface area contributed by atoms with E-state index in [9.17, 15) is 4.79 Å². The number of carbonyl (C=O) groups is 1. The Labute approximate surface area is 150 Å². The molecule has 1 saturated carbocycles. The quantitative estimate of drug-likeness (QED) is 0.852. The fraction of sp³-hybridized carbons (Fsp3) is 0.353. The van der Waals surface area contributed by atoms with Crippen molar-refractivity contribution in [2.75, 3.05) is 11.1 Å². The molecular formula is C17H19ClN4OS. The van der Waals surface area contributed by atoms with Gasteiger partial charge in [0.1, 0.15) is 11.6 Å². The van der Waals surface area contributed by atoms with E-state index in [1.807, 2.05) is 25.1 Å². The largest absolute Gasteiger partial charge is 0.368 e. The van der Waals surface area contributed by atoms with Crippen LogP contribution in [0.4, 0.5) is 11.8 Å². The molecule has 1 aliphatic rings. The zero-order chi connectivity index (χ0) is 17.1. The second kappa shape index (κ2) is 7.40. The number of hydrogen-bond donors (Lipinski definition) is 2. The van der Waals surface area contributed by atoms with Gasteiger partial charge in [-0.1, -0.05) is 23.4 Å². The van der Waals surface area contributed by atoms with Crippen molar-refractivity contribution in [1.82, 2.24) is 9.97 Å². The first-order valence-corrected chi connectivity index (χ1v) is 9.05. The molecule has 126 valence electrons. The first-order valence-electron chi connectivity index (χ1n) is 7.86. The Morgan fingerprint density at radius 1 is 1.29 bits per heavy atom. The number of rotatable bonds is 4. The minimum Gasteiger partial charge on any atom is -0.368 e. The third-order valence-corrected chi connectivity index (χ3v) is 5.45. The van der Waals surface area contributed by atoms with E-state index in [0.29, 0.717) is 18.6 Å². The summed E-state index contributed by atoms with van der Waals surface area (Å²) in [6.07, 6.45) is 4.63. The monoisotopic (exact) mass is 362 g/mol. The van der Waals surface area contributed by atoms with E-state index >= 15 is 0 Å². The van der Waals surface area contributed by atoms with Crippen molar-refractivity contribution < 1.29 is 4.79 Å². The van der Waals surface area contributed by atoms with E-state index in [1.54, 1.807) is 18.0 Å². The topological polar surface area (TPSA) is 80.9 Å². The van der Waals surface area contributed by atoms with Crippen LogP contribution in [0.3, 0.4) is 0 Å². The number of aryl methyl sites for hydroxylation is 1. The molecule has 0 spiro atoms. The third-order valence-electron chi connectivity index (χ3n) is 4.01. The van der Waals surface area contributed by atoms with Gasteiger partial charge in [-0.05, 0) is 43.5 Å². The maximum Gasteiger partial charge on any atom is 0.221 e. The van der Waals surface area contributed by atoms with Crippen molar-refractivity contribution in [1.29, 1.82) is 0 Å². The molecule has 0 saturated heterocycles. The Kier molecular flexibility index (Phi) is 5.26. The molecule has 3 rings (SSSR count). The van der Waals surface area contributed by atoms with Gasteiger partial charge in [-0.3, -0.25) is 4.79 Å². The number of benzene rings is 1. The van der Waals surface area contributed by atoms with Crippen molar-refractivity contribution in [2.24, 2.45) is 0 Å². The van der Waals surface area contributed by atoms with Gasteiger partial charge in [0.05, 0.1) is 4.90 Å². The van der Waals surface area contributed by atoms with Gasteiger partial charge in [0, 0.05) is 35.0 Å². The molecule has 24 heavy (non-hydrogen) atoms. The molecule has 0 atom stereocenters. The summed E-state index contributed by atoms with van der Waals surface area (Å²) in [5.74, 6) is 1.30. The fourth-order valence-electron chi connectivity index (χ4n) is 2.69. The van der Waals surface area contributed by atoms with Gasteiger partial charge in [-0.25, -0.2) is 4.98 Å². The van der Waals surface area contributed by atoms with E-state index in [4.69, 9.17) is 17.3 Å². The number of carbonyl (C=O) groups excluding carboxylic acids is 1. The van der Waals surface area contributed by atoms with Gasteiger partial charge < -0.3 is 11.1 Å². The number of anilines is 2. The Bertz CT molecular complexity index is 758. The predicted molar refractivity (Wildman–Crippen MR) is 97.6 cm³/mol. The van der Waals surface area contributed by atoms with Crippen molar-refractivity contribution in [3.63, 3.8) is 0 Å². The summed E-state index contributed by atoms with van der Waals surface area (Å²) in [6.45, 7) is 2.02. The Hall–Kier alpha value is -1.79. The molecule has 1 aliphatic carbocycles. The normalized spacial score (nSPS) is 15.5. The van der Waals surface area contributed by atoms with Crippen LogP contribution < -0.4 is 11.1 Å². The number of nitrogens with zero attached hydrogens (tertiary/aromatic N) is 2. The average Bonchev–Trinajstić information content (AvgIpc) is 2.54. The lowest BCUT2D eigenvalue weighted by molar-refractivity contribution is -0.120. The Balaban J connectivity index is 1.81. The second-order valence-corrected chi connectivity index (χ2v) is 7.43. The Morgan fingerprint density at radius 3 is 2.75 bits per heavy atom. The molecule has 0 amide bonds. The molecule has 5 nitrogen and oxygen atoms in total. The smallest absolute Gasteiger partial charge is 0.221 e. The molecule has 0 radical (unpaired) electrons. The minimum absolute atomic E-state index is 0.238. The third kappa shape index (κ3) is 4.19. The van der Waals surface area contributed by atoms with Crippen LogP contribution in [0, 0.1) is 6.92 Å². The molecule has 0 unspecified atom stereocenters. The van der Waals surface area contributed by atoms with Crippen molar-refractivity contribution in [3.8, 4) is 0 Å². The summed E-state index contributed by atoms with van der Waals surface area (Å²) < 4.78 is 0. The van der Waals surface area contributed by atoms with Crippen LogP contribution in [0.25, 0.3) is 0 Å². The number of nitrogen functional groups attached to an aromatic ring is 1. The molecular weight excluding hydrogens is 344 g/mol. The van der Waals surface area contributed by atoms with Crippen LogP contribution in [0.15, 0.2) is 34.2 Å². The lowest BCUT2D eigenvalue weighted by Gasteiger charge is -2.23. The van der Waals surface area contributed by atoms with Crippen molar-refractivity contribution in [2.45, 2.75) is 48.4 Å². The highest BCUT2D eigenvalue weighted by atomic mass is 35.5. The van der Waals surface area contributed by atoms with Crippen LogP contribution in [0.1, 0.15) is 31.2 Å². The maximum absolute atomic E-state index is 11.4. The van der Waals surface area contributed by atoms with Crippen LogP contribution >= 0.6 is 23.4 Å². The molecule has 0 bridgehead atoms. The molecule has 2 aromatic rings. The number of ketones is 1. The van der Waals surface area contributed by atoms with Crippen LogP contribution in [-0.4, -0.2) is 21.8 Å². The number of Topliss-reactive ketones (excluding diaryl/α,β-unsaturated/α-hetero) is 1. The average molecular weight is 363 g/mol. The molecule has 7 heteroatoms. The van der Waals surface area contributed by atoms with E-state index < -0.39 is 0 Å². The summed E-state index contributed by atoms with van der Waals surface area (Å²) in [7, 11) is 0. The zero-order valence-electron chi connectivity index (χ0n) is 13.4. The molecule has 1 aromatic carbocycles. The summed E-state index contributed by atoms with van der Waals surface area (Å²) in [4.78, 5) is 21.9. The van der Waals surface area contributed by atoms with Gasteiger partial charge >= 0.3 is 0 Å². The molecule has 1 aromatic heterocycles. The number of nitrogens with two attached hydrogens (primary N) is 1. The number of halogens is 1. The SMILES string of the molecule is Cc1cc(Cl)ccc1Sc1cnc(N)nc1NC1CCC(=O)CC1. The highest BCUT2D eigenvalue weighted by Crippen LogP contribution is 2.36. The summed E-state index contributed by atoms with van der Waals surface area (Å²) in [5.41, 5.74) is 6.85. The van der Waals surface area contributed by atoms with Gasteiger partial charge in [-0.15, -0.1) is 0 Å². The maximum atomic E-state index is 11.4. The van der Waals surface area contributed by atoms with Gasteiger partial charge in [-0.2, -0.15) is 4.98 Å². The van der Waals surface area contributed by atoms with Crippen molar-refractivity contribution >= 4 is 40.9 Å². The lowest BCUT2D eigenvalue weighted by atomic mass is 9.94. The van der Waals surface area contributed by atoms with E-state index in [2.05, 4.69) is 15.3 Å².